The van der Waals surface area contributed by atoms with Crippen LogP contribution in [0.2, 0.25) is 0 Å². The standard InChI is InChI=1S/C30H29N5O3/c1-19-5-9-21(10-6-19)35-22(17-26(34-35)30(2,3)4)16-23(36)15-20-7-11-24(12-8-20)38-25-13-14-31-29-28(25)32-18-27(37)33-29/h5-14,17-18H,15-16H2,1-4H3,(H,31,33,37). The second kappa shape index (κ2) is 10.0. The zero-order valence-electron chi connectivity index (χ0n) is 21.9. The minimum absolute atomic E-state index is 0.0978. The fourth-order valence-electron chi connectivity index (χ4n) is 4.12. The summed E-state index contributed by atoms with van der Waals surface area (Å²) in [6, 6.07) is 19.3. The molecule has 8 heteroatoms. The van der Waals surface area contributed by atoms with Crippen molar-refractivity contribution in [1.29, 1.82) is 0 Å². The Morgan fingerprint density at radius 3 is 2.42 bits per heavy atom. The van der Waals surface area contributed by atoms with E-state index in [1.165, 1.54) is 11.8 Å². The average molecular weight is 508 g/mol. The van der Waals surface area contributed by atoms with Gasteiger partial charge in [0.1, 0.15) is 17.0 Å². The van der Waals surface area contributed by atoms with Gasteiger partial charge in [-0.25, -0.2) is 14.6 Å². The van der Waals surface area contributed by atoms with Crippen molar-refractivity contribution in [3.63, 3.8) is 0 Å². The van der Waals surface area contributed by atoms with Crippen molar-refractivity contribution in [2.24, 2.45) is 0 Å². The van der Waals surface area contributed by atoms with Crippen molar-refractivity contribution < 1.29 is 9.53 Å². The van der Waals surface area contributed by atoms with Crippen LogP contribution < -0.4 is 10.3 Å². The van der Waals surface area contributed by atoms with Crippen LogP contribution in [0.5, 0.6) is 11.5 Å². The van der Waals surface area contributed by atoms with E-state index in [0.717, 1.165) is 22.6 Å². The molecule has 0 radical (unpaired) electrons. The summed E-state index contributed by atoms with van der Waals surface area (Å²) in [7, 11) is 0. The van der Waals surface area contributed by atoms with Crippen LogP contribution in [0.25, 0.3) is 16.9 Å². The molecule has 1 N–H and O–H groups in total. The molecule has 8 nitrogen and oxygen atoms in total. The van der Waals surface area contributed by atoms with Crippen molar-refractivity contribution in [3.05, 3.63) is 106 Å². The normalized spacial score (nSPS) is 11.6. The first-order chi connectivity index (χ1) is 18.2. The van der Waals surface area contributed by atoms with Gasteiger partial charge in [-0.15, -0.1) is 0 Å². The molecule has 0 bridgehead atoms. The highest BCUT2D eigenvalue weighted by atomic mass is 16.5. The zero-order valence-corrected chi connectivity index (χ0v) is 21.9. The van der Waals surface area contributed by atoms with Crippen LogP contribution in [0.4, 0.5) is 0 Å². The maximum atomic E-state index is 13.1. The number of nitrogens with zero attached hydrogens (tertiary/aromatic N) is 4. The molecule has 192 valence electrons. The predicted molar refractivity (Wildman–Crippen MR) is 146 cm³/mol. The van der Waals surface area contributed by atoms with Crippen LogP contribution >= 0.6 is 0 Å². The van der Waals surface area contributed by atoms with Gasteiger partial charge < -0.3 is 9.72 Å². The number of nitrogens with one attached hydrogen (secondary N) is 1. The van der Waals surface area contributed by atoms with Gasteiger partial charge in [0, 0.05) is 30.5 Å². The van der Waals surface area contributed by atoms with E-state index in [1.807, 2.05) is 66.2 Å². The minimum Gasteiger partial charge on any atom is -0.455 e. The van der Waals surface area contributed by atoms with Gasteiger partial charge in [0.2, 0.25) is 0 Å². The SMILES string of the molecule is Cc1ccc(-n2nc(C(C)(C)C)cc2CC(=O)Cc2ccc(Oc3ccnc4[nH]c(=O)cnc34)cc2)cc1. The zero-order chi connectivity index (χ0) is 26.9. The number of pyridine rings is 1. The van der Waals surface area contributed by atoms with E-state index >= 15 is 0 Å². The van der Waals surface area contributed by atoms with Gasteiger partial charge >= 0.3 is 0 Å². The van der Waals surface area contributed by atoms with Crippen LogP contribution in [0, 0.1) is 6.92 Å². The molecule has 0 fully saturated rings. The van der Waals surface area contributed by atoms with Crippen LogP contribution in [0.1, 0.15) is 43.3 Å². The summed E-state index contributed by atoms with van der Waals surface area (Å²) in [5.41, 5.74) is 5.19. The summed E-state index contributed by atoms with van der Waals surface area (Å²) in [6.07, 6.45) is 3.32. The maximum absolute atomic E-state index is 13.1. The van der Waals surface area contributed by atoms with Crippen molar-refractivity contribution in [3.8, 4) is 17.2 Å². The second-order valence-electron chi connectivity index (χ2n) is 10.4. The van der Waals surface area contributed by atoms with Gasteiger partial charge in [0.15, 0.2) is 11.4 Å². The molecule has 0 spiro atoms. The van der Waals surface area contributed by atoms with E-state index in [0.29, 0.717) is 29.1 Å². The first-order valence-corrected chi connectivity index (χ1v) is 12.4. The van der Waals surface area contributed by atoms with E-state index in [9.17, 15) is 9.59 Å². The topological polar surface area (TPSA) is 103 Å². The van der Waals surface area contributed by atoms with Crippen molar-refractivity contribution >= 4 is 16.9 Å². The molecular weight excluding hydrogens is 478 g/mol. The number of hydrogen-bond donors (Lipinski definition) is 1. The number of carbonyl (C=O) groups excluding carboxylic acids is 1. The molecular formula is C30H29N5O3. The molecule has 0 aliphatic heterocycles. The first-order valence-electron chi connectivity index (χ1n) is 12.4. The molecule has 0 saturated carbocycles. The van der Waals surface area contributed by atoms with Gasteiger partial charge in [0.25, 0.3) is 5.56 Å². The third kappa shape index (κ3) is 5.54. The number of aromatic amines is 1. The Bertz CT molecular complexity index is 1660. The Balaban J connectivity index is 1.31. The molecule has 3 heterocycles. The van der Waals surface area contributed by atoms with Crippen molar-refractivity contribution in [1.82, 2.24) is 24.7 Å². The lowest BCUT2D eigenvalue weighted by Gasteiger charge is -2.14. The number of hydrogen-bond acceptors (Lipinski definition) is 6. The van der Waals surface area contributed by atoms with Crippen LogP contribution in [0.3, 0.4) is 0 Å². The summed E-state index contributed by atoms with van der Waals surface area (Å²) in [4.78, 5) is 35.5. The monoisotopic (exact) mass is 507 g/mol. The molecule has 3 aromatic heterocycles. The van der Waals surface area contributed by atoms with Crippen molar-refractivity contribution in [2.75, 3.05) is 0 Å². The third-order valence-electron chi connectivity index (χ3n) is 6.20. The molecule has 2 aromatic carbocycles. The summed E-state index contributed by atoms with van der Waals surface area (Å²) in [5, 5.41) is 4.84. The lowest BCUT2D eigenvalue weighted by Crippen LogP contribution is -2.13. The molecule has 38 heavy (non-hydrogen) atoms. The Hall–Kier alpha value is -4.59. The van der Waals surface area contributed by atoms with E-state index in [-0.39, 0.29) is 23.2 Å². The number of carbonyl (C=O) groups is 1. The molecule has 0 unspecified atom stereocenters. The number of ether oxygens (including phenoxy) is 1. The molecule has 0 atom stereocenters. The number of fused-ring (bicyclic) bond motifs is 1. The molecule has 5 aromatic rings. The maximum Gasteiger partial charge on any atom is 0.268 e. The smallest absolute Gasteiger partial charge is 0.268 e. The van der Waals surface area contributed by atoms with Crippen LogP contribution in [0.15, 0.2) is 77.9 Å². The van der Waals surface area contributed by atoms with E-state index in [1.54, 1.807) is 12.3 Å². The molecule has 0 saturated heterocycles. The highest BCUT2D eigenvalue weighted by Gasteiger charge is 2.22. The predicted octanol–water partition coefficient (Wildman–Crippen LogP) is 5.26. The number of aryl methyl sites for hydroxylation is 1. The Morgan fingerprint density at radius 1 is 0.974 bits per heavy atom. The molecule has 0 aliphatic rings. The highest BCUT2D eigenvalue weighted by molar-refractivity contribution is 5.83. The van der Waals surface area contributed by atoms with Gasteiger partial charge in [-0.1, -0.05) is 50.6 Å². The lowest BCUT2D eigenvalue weighted by atomic mass is 9.92. The van der Waals surface area contributed by atoms with Gasteiger partial charge in [0.05, 0.1) is 23.3 Å². The number of Topliss-reactive ketones (excluding diaryl/α,β-unsaturated/α-hetero) is 1. The molecule has 0 amide bonds. The summed E-state index contributed by atoms with van der Waals surface area (Å²) in [5.74, 6) is 1.17. The number of rotatable bonds is 7. The molecule has 5 rings (SSSR count). The third-order valence-corrected chi connectivity index (χ3v) is 6.20. The summed E-state index contributed by atoms with van der Waals surface area (Å²) in [6.45, 7) is 8.41. The number of H-pyrrole nitrogens is 1. The average Bonchev–Trinajstić information content (AvgIpc) is 3.30. The number of benzene rings is 2. The van der Waals surface area contributed by atoms with E-state index in [4.69, 9.17) is 9.84 Å². The minimum atomic E-state index is -0.326. The van der Waals surface area contributed by atoms with Crippen LogP contribution in [-0.2, 0) is 23.1 Å². The number of aromatic nitrogens is 5. The summed E-state index contributed by atoms with van der Waals surface area (Å²) < 4.78 is 7.86. The fourth-order valence-corrected chi connectivity index (χ4v) is 4.12. The summed E-state index contributed by atoms with van der Waals surface area (Å²) >= 11 is 0. The van der Waals surface area contributed by atoms with Gasteiger partial charge in [-0.2, -0.15) is 5.10 Å². The largest absolute Gasteiger partial charge is 0.455 e. The lowest BCUT2D eigenvalue weighted by molar-refractivity contribution is -0.117. The van der Waals surface area contributed by atoms with Crippen molar-refractivity contribution in [2.45, 2.75) is 46.0 Å². The first kappa shape index (κ1) is 25.1. The number of ketones is 1. The highest BCUT2D eigenvalue weighted by Crippen LogP contribution is 2.27. The van der Waals surface area contributed by atoms with E-state index in [2.05, 4.69) is 35.7 Å². The van der Waals surface area contributed by atoms with Crippen LogP contribution in [-0.4, -0.2) is 30.5 Å². The Labute approximate surface area is 220 Å². The van der Waals surface area contributed by atoms with E-state index < -0.39 is 0 Å². The molecule has 0 aliphatic carbocycles. The quantitative estimate of drug-likeness (QED) is 0.323. The van der Waals surface area contributed by atoms with Gasteiger partial charge in [-0.05, 0) is 42.8 Å². The fraction of sp³-hybridized carbons (Fsp3) is 0.233. The van der Waals surface area contributed by atoms with Gasteiger partial charge in [-0.3, -0.25) is 9.59 Å². The Kier molecular flexibility index (Phi) is 6.63. The second-order valence-corrected chi connectivity index (χ2v) is 10.4. The Morgan fingerprint density at radius 2 is 1.71 bits per heavy atom.